The summed E-state index contributed by atoms with van der Waals surface area (Å²) in [5.74, 6) is -0.487. The topological polar surface area (TPSA) is 84.9 Å². The molecule has 2 unspecified atom stereocenters. The van der Waals surface area contributed by atoms with Crippen LogP contribution in [0.2, 0.25) is 0 Å². The quantitative estimate of drug-likeness (QED) is 0.721. The van der Waals surface area contributed by atoms with E-state index in [0.717, 1.165) is 24.1 Å². The van der Waals surface area contributed by atoms with Crippen molar-refractivity contribution in [3.05, 3.63) is 58.9 Å². The molecule has 8 heteroatoms. The summed E-state index contributed by atoms with van der Waals surface area (Å²) in [6.07, 6.45) is 2.31. The van der Waals surface area contributed by atoms with E-state index in [1.54, 1.807) is 6.07 Å². The van der Waals surface area contributed by atoms with Crippen LogP contribution in [0.15, 0.2) is 28.7 Å². The van der Waals surface area contributed by atoms with Gasteiger partial charge in [0.25, 0.3) is 0 Å². The maximum Gasteiger partial charge on any atom is 0.241 e. The van der Waals surface area contributed by atoms with Crippen LogP contribution in [0, 0.1) is 17.0 Å². The molecule has 2 aliphatic carbocycles. The summed E-state index contributed by atoms with van der Waals surface area (Å²) < 4.78 is 34.1. The number of aliphatic hydroxyl groups is 1. The molecular formula is C21H20F2N4O2. The number of rotatable bonds is 4. The fourth-order valence-corrected chi connectivity index (χ4v) is 5.37. The monoisotopic (exact) mass is 398 g/mol. The third-order valence-electron chi connectivity index (χ3n) is 6.93. The molecule has 2 aliphatic rings. The van der Waals surface area contributed by atoms with Crippen LogP contribution in [0.25, 0.3) is 11.3 Å². The minimum Gasteiger partial charge on any atom is -0.423 e. The van der Waals surface area contributed by atoms with Gasteiger partial charge in [-0.15, -0.1) is 10.2 Å². The molecule has 2 bridgehead atoms. The summed E-state index contributed by atoms with van der Waals surface area (Å²) in [6.45, 7) is 4.05. The van der Waals surface area contributed by atoms with Gasteiger partial charge in [-0.05, 0) is 47.9 Å². The fourth-order valence-electron chi connectivity index (χ4n) is 5.37. The fraction of sp³-hybridized carbons (Fsp3) is 0.429. The zero-order valence-corrected chi connectivity index (χ0v) is 16.1. The lowest BCUT2D eigenvalue weighted by molar-refractivity contribution is 0.186. The minimum atomic E-state index is -0.654. The average molecular weight is 398 g/mol. The third kappa shape index (κ3) is 2.41. The Morgan fingerprint density at radius 1 is 1.10 bits per heavy atom. The molecule has 0 saturated heterocycles. The summed E-state index contributed by atoms with van der Waals surface area (Å²) >= 11 is 0. The lowest BCUT2D eigenvalue weighted by atomic mass is 9.66. The van der Waals surface area contributed by atoms with Crippen LogP contribution in [0.5, 0.6) is 0 Å². The Hall–Kier alpha value is -2.74. The summed E-state index contributed by atoms with van der Waals surface area (Å²) in [5, 5.41) is 25.8. The summed E-state index contributed by atoms with van der Waals surface area (Å²) in [6, 6.07) is 5.56. The van der Waals surface area contributed by atoms with Crippen molar-refractivity contribution in [2.45, 2.75) is 51.0 Å². The molecule has 1 saturated carbocycles. The van der Waals surface area contributed by atoms with Crippen LogP contribution in [0.3, 0.4) is 0 Å². The number of hydrogen-bond donors (Lipinski definition) is 1. The Morgan fingerprint density at radius 2 is 1.83 bits per heavy atom. The molecule has 1 N–H and O–H groups in total. The van der Waals surface area contributed by atoms with E-state index in [1.165, 1.54) is 18.2 Å². The van der Waals surface area contributed by atoms with Gasteiger partial charge in [-0.2, -0.15) is 10.2 Å². The second kappa shape index (κ2) is 6.13. The normalized spacial score (nSPS) is 24.1. The van der Waals surface area contributed by atoms with Gasteiger partial charge in [0, 0.05) is 11.8 Å². The van der Waals surface area contributed by atoms with Crippen LogP contribution in [-0.2, 0) is 18.4 Å². The Bertz CT molecular complexity index is 1090. The molecule has 2 atom stereocenters. The molecule has 0 aliphatic heterocycles. The van der Waals surface area contributed by atoms with Crippen molar-refractivity contribution in [2.75, 3.05) is 0 Å². The zero-order chi connectivity index (χ0) is 20.4. The van der Waals surface area contributed by atoms with E-state index in [-0.39, 0.29) is 40.5 Å². The molecule has 1 fully saturated rings. The number of aromatic nitrogens is 4. The van der Waals surface area contributed by atoms with E-state index < -0.39 is 11.6 Å². The second-order valence-electron chi connectivity index (χ2n) is 8.45. The van der Waals surface area contributed by atoms with E-state index in [1.807, 2.05) is 0 Å². The number of halogens is 2. The van der Waals surface area contributed by atoms with Gasteiger partial charge < -0.3 is 9.52 Å². The largest absolute Gasteiger partial charge is 0.423 e. The number of benzene rings is 1. The van der Waals surface area contributed by atoms with Gasteiger partial charge in [0.1, 0.15) is 18.2 Å². The second-order valence-corrected chi connectivity index (χ2v) is 8.45. The van der Waals surface area contributed by atoms with Gasteiger partial charge in [-0.1, -0.05) is 19.9 Å². The predicted molar refractivity (Wildman–Crippen MR) is 98.7 cm³/mol. The van der Waals surface area contributed by atoms with E-state index in [2.05, 4.69) is 34.2 Å². The first-order valence-electron chi connectivity index (χ1n) is 9.62. The maximum absolute atomic E-state index is 14.3. The van der Waals surface area contributed by atoms with Crippen molar-refractivity contribution in [3.63, 3.8) is 0 Å². The highest BCUT2D eigenvalue weighted by atomic mass is 19.1. The molecule has 0 radical (unpaired) electrons. The number of aliphatic hydroxyl groups excluding tert-OH is 1. The van der Waals surface area contributed by atoms with Crippen molar-refractivity contribution in [3.8, 4) is 11.3 Å². The molecule has 1 aromatic carbocycles. The van der Waals surface area contributed by atoms with Gasteiger partial charge in [0.15, 0.2) is 0 Å². The molecular weight excluding hydrogens is 378 g/mol. The lowest BCUT2D eigenvalue weighted by Gasteiger charge is -2.36. The van der Waals surface area contributed by atoms with E-state index in [9.17, 15) is 13.9 Å². The highest BCUT2D eigenvalue weighted by Gasteiger charge is 2.63. The Kier molecular flexibility index (Phi) is 3.87. The van der Waals surface area contributed by atoms with Crippen molar-refractivity contribution in [1.29, 1.82) is 0 Å². The molecule has 5 rings (SSSR count). The van der Waals surface area contributed by atoms with Gasteiger partial charge >= 0.3 is 0 Å². The maximum atomic E-state index is 14.3. The van der Waals surface area contributed by atoms with E-state index >= 15 is 0 Å². The molecule has 29 heavy (non-hydrogen) atoms. The van der Waals surface area contributed by atoms with E-state index in [4.69, 9.17) is 4.42 Å². The van der Waals surface area contributed by atoms with Crippen molar-refractivity contribution >= 4 is 0 Å². The Labute approximate surface area is 166 Å². The first-order chi connectivity index (χ1) is 13.9. The van der Waals surface area contributed by atoms with Crippen LogP contribution < -0.4 is 0 Å². The highest BCUT2D eigenvalue weighted by molar-refractivity contribution is 5.63. The SMILES string of the molecule is CC1(C)C2CCC1(Cc1nnc(CO)o1)c1nnc(-c3c(F)cccc3F)cc12. The van der Waals surface area contributed by atoms with Gasteiger partial charge in [0.2, 0.25) is 11.8 Å². The first kappa shape index (κ1) is 18.3. The number of fused-ring (bicyclic) bond motifs is 5. The molecule has 0 amide bonds. The molecule has 2 heterocycles. The summed E-state index contributed by atoms with van der Waals surface area (Å²) in [4.78, 5) is 0. The third-order valence-corrected chi connectivity index (χ3v) is 6.93. The van der Waals surface area contributed by atoms with Crippen LogP contribution in [0.4, 0.5) is 8.78 Å². The van der Waals surface area contributed by atoms with Gasteiger partial charge in [-0.3, -0.25) is 0 Å². The van der Waals surface area contributed by atoms with Crippen LogP contribution >= 0.6 is 0 Å². The van der Waals surface area contributed by atoms with Gasteiger partial charge in [0.05, 0.1) is 17.0 Å². The average Bonchev–Trinajstić information content (AvgIpc) is 3.29. The van der Waals surface area contributed by atoms with Crippen LogP contribution in [-0.4, -0.2) is 25.5 Å². The van der Waals surface area contributed by atoms with Crippen molar-refractivity contribution < 1.29 is 18.3 Å². The highest BCUT2D eigenvalue weighted by Crippen LogP contribution is 2.68. The smallest absolute Gasteiger partial charge is 0.241 e. The van der Waals surface area contributed by atoms with E-state index in [0.29, 0.717) is 12.3 Å². The number of nitrogens with zero attached hydrogens (tertiary/aromatic N) is 4. The number of hydrogen-bond acceptors (Lipinski definition) is 6. The van der Waals surface area contributed by atoms with Crippen molar-refractivity contribution in [1.82, 2.24) is 20.4 Å². The van der Waals surface area contributed by atoms with Crippen LogP contribution in [0.1, 0.15) is 55.6 Å². The Morgan fingerprint density at radius 3 is 2.52 bits per heavy atom. The Balaban J connectivity index is 1.62. The molecule has 0 spiro atoms. The predicted octanol–water partition coefficient (Wildman–Crippen LogP) is 3.69. The minimum absolute atomic E-state index is 0.151. The standard InChI is InChI=1S/C21H20F2N4O2/c1-20(2)12-6-7-21(20,9-16-25-26-17(10-28)29-16)19-11(12)8-15(24-27-19)18-13(22)4-3-5-14(18)23/h3-5,8,12,28H,6-7,9-10H2,1-2H3. The van der Waals surface area contributed by atoms with Crippen molar-refractivity contribution in [2.24, 2.45) is 5.41 Å². The summed E-state index contributed by atoms with van der Waals surface area (Å²) in [5.41, 5.74) is 1.36. The molecule has 6 nitrogen and oxygen atoms in total. The first-order valence-corrected chi connectivity index (χ1v) is 9.62. The molecule has 3 aromatic rings. The van der Waals surface area contributed by atoms with Gasteiger partial charge in [-0.25, -0.2) is 8.78 Å². The lowest BCUT2D eigenvalue weighted by Crippen LogP contribution is -2.38. The zero-order valence-electron chi connectivity index (χ0n) is 16.1. The molecule has 150 valence electrons. The summed E-state index contributed by atoms with van der Waals surface area (Å²) in [7, 11) is 0. The molecule has 2 aromatic heterocycles.